The minimum atomic E-state index is -1.00. The lowest BCUT2D eigenvalue weighted by Gasteiger charge is -2.33. The zero-order valence-electron chi connectivity index (χ0n) is 24.0. The Kier molecular flexibility index (Phi) is 9.26. The number of hydrogen-bond donors (Lipinski definition) is 2. The Hall–Kier alpha value is -4.53. The molecule has 2 fully saturated rings. The van der Waals surface area contributed by atoms with Gasteiger partial charge in [0.1, 0.15) is 30.2 Å². The van der Waals surface area contributed by atoms with Gasteiger partial charge in [-0.15, -0.1) is 0 Å². The summed E-state index contributed by atoms with van der Waals surface area (Å²) >= 11 is 0. The van der Waals surface area contributed by atoms with Crippen molar-refractivity contribution in [3.63, 3.8) is 0 Å². The predicted molar refractivity (Wildman–Crippen MR) is 158 cm³/mol. The van der Waals surface area contributed by atoms with Crippen LogP contribution in [0, 0.1) is 5.92 Å². The maximum atomic E-state index is 13.9. The summed E-state index contributed by atoms with van der Waals surface area (Å²) in [4.78, 5) is 42.6. The first-order chi connectivity index (χ1) is 20.5. The normalized spacial score (nSPS) is 20.1. The fraction of sp³-hybridized carbons (Fsp3) is 0.364. The molecule has 2 N–H and O–H groups in total. The zero-order chi connectivity index (χ0) is 29.5. The first-order valence-corrected chi connectivity index (χ1v) is 14.3. The zero-order valence-corrected chi connectivity index (χ0v) is 24.0. The Bertz CT molecular complexity index is 1360. The number of rotatable bonds is 9. The monoisotopic (exact) mass is 571 g/mol. The van der Waals surface area contributed by atoms with Gasteiger partial charge in [-0.3, -0.25) is 14.5 Å². The summed E-state index contributed by atoms with van der Waals surface area (Å²) in [5, 5.41) is 5.85. The Morgan fingerprint density at radius 2 is 1.50 bits per heavy atom. The molecule has 9 heteroatoms. The van der Waals surface area contributed by atoms with Crippen molar-refractivity contribution in [2.45, 2.75) is 56.8 Å². The number of ether oxygens (including phenoxy) is 3. The van der Waals surface area contributed by atoms with E-state index in [9.17, 15) is 14.4 Å². The first kappa shape index (κ1) is 29.0. The molecular weight excluding hydrogens is 534 g/mol. The van der Waals surface area contributed by atoms with E-state index in [4.69, 9.17) is 14.2 Å². The second-order valence-electron chi connectivity index (χ2n) is 10.7. The number of hydrogen-bond acceptors (Lipinski definition) is 6. The molecule has 3 aromatic rings. The largest absolute Gasteiger partial charge is 0.497 e. The van der Waals surface area contributed by atoms with Crippen LogP contribution in [0.5, 0.6) is 11.5 Å². The van der Waals surface area contributed by atoms with Crippen molar-refractivity contribution in [2.75, 3.05) is 19.5 Å². The van der Waals surface area contributed by atoms with Gasteiger partial charge in [-0.2, -0.15) is 0 Å². The van der Waals surface area contributed by atoms with E-state index in [-0.39, 0.29) is 24.5 Å². The third-order valence-corrected chi connectivity index (χ3v) is 8.16. The molecule has 1 saturated carbocycles. The summed E-state index contributed by atoms with van der Waals surface area (Å²) in [5.74, 6) is 0.715. The van der Waals surface area contributed by atoms with E-state index in [1.165, 1.54) is 0 Å². The van der Waals surface area contributed by atoms with Crippen molar-refractivity contribution in [3.8, 4) is 11.5 Å². The highest BCUT2D eigenvalue weighted by Gasteiger charge is 2.48. The van der Waals surface area contributed by atoms with E-state index in [1.807, 2.05) is 30.3 Å². The van der Waals surface area contributed by atoms with E-state index < -0.39 is 24.1 Å². The van der Waals surface area contributed by atoms with Gasteiger partial charge in [-0.1, -0.05) is 55.3 Å². The standard InChI is InChI=1S/C33H37N3O6/c1-40-26-16-12-23(13-17-26)30(32(38)34-25-14-18-27(41-2)19-15-25)35-31(37)29-20-24-10-6-7-11-28(24)36(29)33(39)42-21-22-8-4-3-5-9-22/h3-5,8-9,12-19,24,28-30H,6-7,10-11,20-21H2,1-2H3,(H,34,38)(H,35,37)/t24-,28-,29-,30-/m0/s1. The molecule has 9 nitrogen and oxygen atoms in total. The fourth-order valence-electron chi connectivity index (χ4n) is 5.97. The third kappa shape index (κ3) is 6.67. The Labute approximate surface area is 246 Å². The number of likely N-dealkylation sites (tertiary alicyclic amines) is 1. The quantitative estimate of drug-likeness (QED) is 0.353. The number of nitrogens with one attached hydrogen (secondary N) is 2. The summed E-state index contributed by atoms with van der Waals surface area (Å²) < 4.78 is 16.2. The number of carbonyl (C=O) groups is 3. The Morgan fingerprint density at radius 1 is 0.857 bits per heavy atom. The van der Waals surface area contributed by atoms with Crippen molar-refractivity contribution >= 4 is 23.6 Å². The average molecular weight is 572 g/mol. The molecule has 220 valence electrons. The van der Waals surface area contributed by atoms with Gasteiger partial charge >= 0.3 is 6.09 Å². The summed E-state index contributed by atoms with van der Waals surface area (Å²) in [5.41, 5.74) is 2.02. The number of methoxy groups -OCH3 is 2. The second-order valence-corrected chi connectivity index (χ2v) is 10.7. The molecule has 0 spiro atoms. The number of anilines is 1. The molecule has 1 saturated heterocycles. The summed E-state index contributed by atoms with van der Waals surface area (Å²) in [6.45, 7) is 0.126. The van der Waals surface area contributed by atoms with Crippen LogP contribution in [0.15, 0.2) is 78.9 Å². The van der Waals surface area contributed by atoms with Crippen LogP contribution in [-0.2, 0) is 20.9 Å². The van der Waals surface area contributed by atoms with Gasteiger partial charge in [0.2, 0.25) is 5.91 Å². The lowest BCUT2D eigenvalue weighted by Crippen LogP contribution is -2.51. The van der Waals surface area contributed by atoms with Gasteiger partial charge < -0.3 is 24.8 Å². The fourth-order valence-corrected chi connectivity index (χ4v) is 5.97. The number of amides is 3. The van der Waals surface area contributed by atoms with Crippen LogP contribution in [-0.4, -0.2) is 49.1 Å². The van der Waals surface area contributed by atoms with Crippen LogP contribution < -0.4 is 20.1 Å². The van der Waals surface area contributed by atoms with Crippen molar-refractivity contribution in [1.82, 2.24) is 10.2 Å². The van der Waals surface area contributed by atoms with Crippen LogP contribution in [0.1, 0.15) is 49.3 Å². The molecule has 1 heterocycles. The molecular formula is C33H37N3O6. The van der Waals surface area contributed by atoms with Crippen molar-refractivity contribution in [3.05, 3.63) is 90.0 Å². The lowest BCUT2D eigenvalue weighted by molar-refractivity contribution is -0.129. The van der Waals surface area contributed by atoms with E-state index in [0.29, 0.717) is 29.2 Å². The summed E-state index contributed by atoms with van der Waals surface area (Å²) in [6.07, 6.45) is 3.88. The average Bonchev–Trinajstić information content (AvgIpc) is 3.43. The van der Waals surface area contributed by atoms with Crippen molar-refractivity contribution in [1.29, 1.82) is 0 Å². The van der Waals surface area contributed by atoms with Crippen LogP contribution in [0.4, 0.5) is 10.5 Å². The third-order valence-electron chi connectivity index (χ3n) is 8.16. The van der Waals surface area contributed by atoms with Gasteiger partial charge in [0.25, 0.3) is 5.91 Å². The van der Waals surface area contributed by atoms with Crippen LogP contribution in [0.25, 0.3) is 0 Å². The number of nitrogens with zero attached hydrogens (tertiary/aromatic N) is 1. The minimum Gasteiger partial charge on any atom is -0.497 e. The Morgan fingerprint density at radius 3 is 2.17 bits per heavy atom. The molecule has 4 atom stereocenters. The minimum absolute atomic E-state index is 0.0645. The second kappa shape index (κ2) is 13.4. The number of fused-ring (bicyclic) bond motifs is 1. The summed E-state index contributed by atoms with van der Waals surface area (Å²) in [7, 11) is 3.14. The van der Waals surface area contributed by atoms with E-state index in [0.717, 1.165) is 31.2 Å². The smallest absolute Gasteiger partial charge is 0.411 e. The SMILES string of the molecule is COc1ccc(NC(=O)[C@@H](NC(=O)[C@@H]2C[C@@H]3CCCC[C@@H]3N2C(=O)OCc2ccccc2)c2ccc(OC)cc2)cc1. The predicted octanol–water partition coefficient (Wildman–Crippen LogP) is 5.47. The molecule has 0 bridgehead atoms. The topological polar surface area (TPSA) is 106 Å². The highest BCUT2D eigenvalue weighted by Crippen LogP contribution is 2.40. The maximum Gasteiger partial charge on any atom is 0.411 e. The van der Waals surface area contributed by atoms with Crippen LogP contribution >= 0.6 is 0 Å². The molecule has 0 radical (unpaired) electrons. The van der Waals surface area contributed by atoms with Crippen molar-refractivity contribution < 1.29 is 28.6 Å². The van der Waals surface area contributed by atoms with Gasteiger partial charge in [0.05, 0.1) is 14.2 Å². The van der Waals surface area contributed by atoms with E-state index in [2.05, 4.69) is 10.6 Å². The molecule has 0 unspecified atom stereocenters. The molecule has 3 amide bonds. The first-order valence-electron chi connectivity index (χ1n) is 14.3. The number of benzene rings is 3. The molecule has 2 aliphatic rings. The molecule has 42 heavy (non-hydrogen) atoms. The van der Waals surface area contributed by atoms with Crippen LogP contribution in [0.3, 0.4) is 0 Å². The highest BCUT2D eigenvalue weighted by atomic mass is 16.6. The lowest BCUT2D eigenvalue weighted by atomic mass is 9.85. The molecule has 3 aromatic carbocycles. The van der Waals surface area contributed by atoms with Crippen LogP contribution in [0.2, 0.25) is 0 Å². The summed E-state index contributed by atoms with van der Waals surface area (Å²) in [6, 6.07) is 21.6. The highest BCUT2D eigenvalue weighted by molar-refractivity contribution is 5.99. The van der Waals surface area contributed by atoms with E-state index >= 15 is 0 Å². The van der Waals surface area contributed by atoms with Gasteiger partial charge in [-0.25, -0.2) is 4.79 Å². The van der Waals surface area contributed by atoms with Gasteiger partial charge in [0, 0.05) is 11.7 Å². The molecule has 5 rings (SSSR count). The Balaban J connectivity index is 1.36. The van der Waals surface area contributed by atoms with Gasteiger partial charge in [0.15, 0.2) is 0 Å². The molecule has 1 aliphatic heterocycles. The van der Waals surface area contributed by atoms with E-state index in [1.54, 1.807) is 67.7 Å². The molecule has 1 aliphatic carbocycles. The van der Waals surface area contributed by atoms with Crippen molar-refractivity contribution in [2.24, 2.45) is 5.92 Å². The maximum absolute atomic E-state index is 13.9. The van der Waals surface area contributed by atoms with Gasteiger partial charge in [-0.05, 0) is 72.7 Å². The molecule has 0 aromatic heterocycles. The number of carbonyl (C=O) groups excluding carboxylic acids is 3.